The van der Waals surface area contributed by atoms with Crippen molar-refractivity contribution in [2.75, 3.05) is 5.32 Å². The highest BCUT2D eigenvalue weighted by molar-refractivity contribution is 5.48. The van der Waals surface area contributed by atoms with Crippen molar-refractivity contribution in [3.05, 3.63) is 34.9 Å². The molecule has 0 saturated heterocycles. The fourth-order valence-electron chi connectivity index (χ4n) is 2.53. The van der Waals surface area contributed by atoms with E-state index in [2.05, 4.69) is 20.3 Å². The summed E-state index contributed by atoms with van der Waals surface area (Å²) in [7, 11) is 0. The van der Waals surface area contributed by atoms with E-state index in [1.54, 1.807) is 0 Å². The lowest BCUT2D eigenvalue weighted by atomic mass is 9.96. The second kappa shape index (κ2) is 4.99. The van der Waals surface area contributed by atoms with E-state index in [0.29, 0.717) is 6.54 Å². The van der Waals surface area contributed by atoms with Crippen LogP contribution in [0.5, 0.6) is 0 Å². The molecule has 2 heterocycles. The van der Waals surface area contributed by atoms with Crippen molar-refractivity contribution in [1.29, 1.82) is 0 Å². The third kappa shape index (κ3) is 2.45. The number of aromatic nitrogens is 3. The summed E-state index contributed by atoms with van der Waals surface area (Å²) in [5.74, 6) is 2.65. The lowest BCUT2D eigenvalue weighted by Crippen LogP contribution is -2.14. The van der Waals surface area contributed by atoms with Gasteiger partial charge < -0.3 is 9.73 Å². The van der Waals surface area contributed by atoms with Crippen LogP contribution in [0.2, 0.25) is 0 Å². The molecular formula is C14H18N4O. The third-order valence-electron chi connectivity index (χ3n) is 3.56. The van der Waals surface area contributed by atoms with Crippen molar-refractivity contribution >= 4 is 5.82 Å². The number of aryl methyl sites for hydroxylation is 3. The maximum Gasteiger partial charge on any atom is 0.181 e. The molecule has 0 fully saturated rings. The molecule has 3 rings (SSSR count). The van der Waals surface area contributed by atoms with E-state index < -0.39 is 0 Å². The van der Waals surface area contributed by atoms with Crippen molar-refractivity contribution in [2.24, 2.45) is 0 Å². The van der Waals surface area contributed by atoms with Gasteiger partial charge in [-0.3, -0.25) is 0 Å². The van der Waals surface area contributed by atoms with Gasteiger partial charge in [-0.25, -0.2) is 15.0 Å². The van der Waals surface area contributed by atoms with E-state index in [1.807, 2.05) is 13.8 Å². The van der Waals surface area contributed by atoms with Gasteiger partial charge in [0.15, 0.2) is 6.39 Å². The lowest BCUT2D eigenvalue weighted by molar-refractivity contribution is 0.524. The van der Waals surface area contributed by atoms with Crippen LogP contribution in [-0.2, 0) is 19.4 Å². The average Bonchev–Trinajstić information content (AvgIpc) is 2.81. The quantitative estimate of drug-likeness (QED) is 0.916. The van der Waals surface area contributed by atoms with Crippen LogP contribution in [0.3, 0.4) is 0 Å². The Morgan fingerprint density at radius 2 is 2.05 bits per heavy atom. The van der Waals surface area contributed by atoms with Crippen LogP contribution in [0.15, 0.2) is 10.8 Å². The molecular weight excluding hydrogens is 240 g/mol. The summed E-state index contributed by atoms with van der Waals surface area (Å²) in [6, 6.07) is 0. The van der Waals surface area contributed by atoms with E-state index in [9.17, 15) is 0 Å². The van der Waals surface area contributed by atoms with Crippen LogP contribution in [0.1, 0.15) is 41.4 Å². The molecule has 5 nitrogen and oxygen atoms in total. The highest BCUT2D eigenvalue weighted by atomic mass is 16.3. The minimum Gasteiger partial charge on any atom is -0.448 e. The second-order valence-corrected chi connectivity index (χ2v) is 4.96. The number of nitrogens with zero attached hydrogens (tertiary/aromatic N) is 3. The minimum atomic E-state index is 0.644. The molecule has 0 aliphatic heterocycles. The summed E-state index contributed by atoms with van der Waals surface area (Å²) in [5.41, 5.74) is 3.41. The Bertz CT molecular complexity index is 591. The molecule has 5 heteroatoms. The van der Waals surface area contributed by atoms with Gasteiger partial charge in [0.1, 0.15) is 23.1 Å². The van der Waals surface area contributed by atoms with Crippen molar-refractivity contribution in [1.82, 2.24) is 15.0 Å². The van der Waals surface area contributed by atoms with Crippen LogP contribution in [0, 0.1) is 13.8 Å². The minimum absolute atomic E-state index is 0.644. The first kappa shape index (κ1) is 12.1. The van der Waals surface area contributed by atoms with Crippen LogP contribution < -0.4 is 5.32 Å². The fraction of sp³-hybridized carbons (Fsp3) is 0.500. The first-order chi connectivity index (χ1) is 9.24. The van der Waals surface area contributed by atoms with E-state index >= 15 is 0 Å². The molecule has 2 aromatic heterocycles. The number of anilines is 1. The summed E-state index contributed by atoms with van der Waals surface area (Å²) >= 11 is 0. The lowest BCUT2D eigenvalue weighted by Gasteiger charge is -2.19. The van der Waals surface area contributed by atoms with Crippen molar-refractivity contribution in [3.8, 4) is 0 Å². The molecule has 19 heavy (non-hydrogen) atoms. The first-order valence-corrected chi connectivity index (χ1v) is 6.73. The summed E-state index contributed by atoms with van der Waals surface area (Å²) in [6.07, 6.45) is 6.06. The van der Waals surface area contributed by atoms with Gasteiger partial charge in [0.05, 0.1) is 6.54 Å². The van der Waals surface area contributed by atoms with Gasteiger partial charge in [-0.1, -0.05) is 0 Å². The number of hydrogen-bond acceptors (Lipinski definition) is 5. The van der Waals surface area contributed by atoms with E-state index in [1.165, 1.54) is 30.5 Å². The second-order valence-electron chi connectivity index (χ2n) is 4.96. The Balaban J connectivity index is 1.84. The smallest absolute Gasteiger partial charge is 0.181 e. The third-order valence-corrected chi connectivity index (χ3v) is 3.56. The standard InChI is InChI=1S/C14H18N4O/c1-9-13(16-8-19-9)7-15-14-11-5-3-4-6-12(11)17-10(2)18-14/h8H,3-7H2,1-2H3,(H,15,17,18). The zero-order valence-corrected chi connectivity index (χ0v) is 11.4. The molecule has 0 amide bonds. The van der Waals surface area contributed by atoms with Crippen molar-refractivity contribution in [3.63, 3.8) is 0 Å². The largest absolute Gasteiger partial charge is 0.448 e. The van der Waals surface area contributed by atoms with Crippen LogP contribution in [0.25, 0.3) is 0 Å². The Hall–Kier alpha value is -1.91. The highest BCUT2D eigenvalue weighted by Gasteiger charge is 2.17. The molecule has 1 N–H and O–H groups in total. The molecule has 1 aliphatic carbocycles. The molecule has 0 unspecified atom stereocenters. The van der Waals surface area contributed by atoms with Gasteiger partial charge in [0.2, 0.25) is 0 Å². The zero-order chi connectivity index (χ0) is 13.2. The first-order valence-electron chi connectivity index (χ1n) is 6.73. The van der Waals surface area contributed by atoms with Gasteiger partial charge in [0, 0.05) is 11.3 Å². The Morgan fingerprint density at radius 1 is 1.21 bits per heavy atom. The maximum atomic E-state index is 5.21. The summed E-state index contributed by atoms with van der Waals surface area (Å²) in [4.78, 5) is 13.3. The number of oxazole rings is 1. The molecule has 100 valence electrons. The van der Waals surface area contributed by atoms with E-state index in [-0.39, 0.29) is 0 Å². The molecule has 0 aromatic carbocycles. The molecule has 0 saturated carbocycles. The number of fused-ring (bicyclic) bond motifs is 1. The summed E-state index contributed by atoms with van der Waals surface area (Å²) in [5, 5.41) is 3.38. The normalized spacial score (nSPS) is 14.2. The van der Waals surface area contributed by atoms with E-state index in [4.69, 9.17) is 4.42 Å². The van der Waals surface area contributed by atoms with Crippen LogP contribution >= 0.6 is 0 Å². The van der Waals surface area contributed by atoms with E-state index in [0.717, 1.165) is 35.9 Å². The number of hydrogen-bond donors (Lipinski definition) is 1. The summed E-state index contributed by atoms with van der Waals surface area (Å²) in [6.45, 7) is 4.51. The SMILES string of the molecule is Cc1nc2c(c(NCc3ncoc3C)n1)CCCC2. The van der Waals surface area contributed by atoms with Gasteiger partial charge in [0.25, 0.3) is 0 Å². The molecule has 2 aromatic rings. The Labute approximate surface area is 112 Å². The number of nitrogens with one attached hydrogen (secondary N) is 1. The maximum absolute atomic E-state index is 5.21. The molecule has 0 radical (unpaired) electrons. The molecule has 1 aliphatic rings. The van der Waals surface area contributed by atoms with Gasteiger partial charge in [-0.05, 0) is 39.5 Å². The Morgan fingerprint density at radius 3 is 2.84 bits per heavy atom. The average molecular weight is 258 g/mol. The monoisotopic (exact) mass is 258 g/mol. The highest BCUT2D eigenvalue weighted by Crippen LogP contribution is 2.25. The zero-order valence-electron chi connectivity index (χ0n) is 11.4. The predicted molar refractivity (Wildman–Crippen MR) is 72.0 cm³/mol. The predicted octanol–water partition coefficient (Wildman–Crippen LogP) is 2.57. The number of rotatable bonds is 3. The van der Waals surface area contributed by atoms with Crippen molar-refractivity contribution in [2.45, 2.75) is 46.1 Å². The molecule has 0 atom stereocenters. The topological polar surface area (TPSA) is 63.8 Å². The van der Waals surface area contributed by atoms with Gasteiger partial charge in [-0.15, -0.1) is 0 Å². The fourth-order valence-corrected chi connectivity index (χ4v) is 2.53. The summed E-state index contributed by atoms with van der Waals surface area (Å²) < 4.78 is 5.21. The van der Waals surface area contributed by atoms with Gasteiger partial charge >= 0.3 is 0 Å². The molecule has 0 bridgehead atoms. The van der Waals surface area contributed by atoms with Crippen molar-refractivity contribution < 1.29 is 4.42 Å². The van der Waals surface area contributed by atoms with Gasteiger partial charge in [-0.2, -0.15) is 0 Å². The Kier molecular flexibility index (Phi) is 3.19. The van der Waals surface area contributed by atoms with Crippen LogP contribution in [0.4, 0.5) is 5.82 Å². The van der Waals surface area contributed by atoms with Crippen LogP contribution in [-0.4, -0.2) is 15.0 Å². The molecule has 0 spiro atoms.